The van der Waals surface area contributed by atoms with Gasteiger partial charge >= 0.3 is 0 Å². The van der Waals surface area contributed by atoms with Gasteiger partial charge in [0.2, 0.25) is 0 Å². The Balaban J connectivity index is 2.20. The number of aliphatic hydroxyl groups is 2. The fourth-order valence-electron chi connectivity index (χ4n) is 2.37. The molecule has 0 amide bonds. The van der Waals surface area contributed by atoms with E-state index in [0.29, 0.717) is 0 Å². The number of ether oxygens (including phenoxy) is 1. The smallest absolute Gasteiger partial charge is 0.0882 e. The van der Waals surface area contributed by atoms with E-state index in [1.807, 2.05) is 60.7 Å². The second-order valence-electron chi connectivity index (χ2n) is 5.19. The van der Waals surface area contributed by atoms with Crippen LogP contribution in [0.25, 0.3) is 0 Å². The van der Waals surface area contributed by atoms with Gasteiger partial charge in [0.1, 0.15) is 0 Å². The molecule has 21 heavy (non-hydrogen) atoms. The van der Waals surface area contributed by atoms with Crippen molar-refractivity contribution in [2.24, 2.45) is 0 Å². The molecule has 0 saturated carbocycles. The molecule has 3 nitrogen and oxygen atoms in total. The Labute approximate surface area is 125 Å². The van der Waals surface area contributed by atoms with Crippen LogP contribution in [-0.2, 0) is 4.74 Å². The Morgan fingerprint density at radius 1 is 0.905 bits per heavy atom. The normalized spacial score (nSPS) is 14.1. The van der Waals surface area contributed by atoms with Gasteiger partial charge in [0.05, 0.1) is 25.4 Å². The summed E-state index contributed by atoms with van der Waals surface area (Å²) >= 11 is 0. The summed E-state index contributed by atoms with van der Waals surface area (Å²) in [6.45, 7) is 1.93. The van der Waals surface area contributed by atoms with Crippen molar-refractivity contribution in [2.45, 2.75) is 25.0 Å². The van der Waals surface area contributed by atoms with Gasteiger partial charge in [-0.25, -0.2) is 0 Å². The predicted octanol–water partition coefficient (Wildman–Crippen LogP) is 2.58. The Morgan fingerprint density at radius 2 is 1.38 bits per heavy atom. The van der Waals surface area contributed by atoms with E-state index in [2.05, 4.69) is 0 Å². The van der Waals surface area contributed by atoms with Gasteiger partial charge in [0.15, 0.2) is 0 Å². The third kappa shape index (κ3) is 4.39. The molecule has 0 heterocycles. The van der Waals surface area contributed by atoms with Crippen LogP contribution >= 0.6 is 0 Å². The molecule has 2 unspecified atom stereocenters. The zero-order valence-corrected chi connectivity index (χ0v) is 12.2. The fourth-order valence-corrected chi connectivity index (χ4v) is 2.37. The standard InChI is InChI=1S/C18H22O3/c1-14(12-19)21-13-17(20)18(15-8-4-2-5-9-15)16-10-6-3-7-11-16/h2-11,14,17-20H,12-13H2,1H3. The molecule has 0 aromatic heterocycles. The lowest BCUT2D eigenvalue weighted by molar-refractivity contribution is -0.0276. The molecule has 2 atom stereocenters. The lowest BCUT2D eigenvalue weighted by Gasteiger charge is -2.25. The van der Waals surface area contributed by atoms with Crippen molar-refractivity contribution in [2.75, 3.05) is 13.2 Å². The van der Waals surface area contributed by atoms with Crippen LogP contribution in [0.2, 0.25) is 0 Å². The zero-order valence-electron chi connectivity index (χ0n) is 12.2. The van der Waals surface area contributed by atoms with Crippen LogP contribution in [0.3, 0.4) is 0 Å². The van der Waals surface area contributed by atoms with Crippen LogP contribution in [0, 0.1) is 0 Å². The van der Waals surface area contributed by atoms with Gasteiger partial charge in [-0.15, -0.1) is 0 Å². The Hall–Kier alpha value is -1.68. The summed E-state index contributed by atoms with van der Waals surface area (Å²) in [6, 6.07) is 19.8. The monoisotopic (exact) mass is 286 g/mol. The molecule has 0 radical (unpaired) electrons. The van der Waals surface area contributed by atoms with Crippen molar-refractivity contribution >= 4 is 0 Å². The molecule has 0 spiro atoms. The van der Waals surface area contributed by atoms with Gasteiger partial charge in [0, 0.05) is 5.92 Å². The third-order valence-electron chi connectivity index (χ3n) is 3.51. The molecule has 2 N–H and O–H groups in total. The van der Waals surface area contributed by atoms with E-state index < -0.39 is 6.10 Å². The summed E-state index contributed by atoms with van der Waals surface area (Å²) in [4.78, 5) is 0. The quantitative estimate of drug-likeness (QED) is 0.822. The highest BCUT2D eigenvalue weighted by Gasteiger charge is 2.23. The average molecular weight is 286 g/mol. The molecule has 2 aromatic carbocycles. The number of aliphatic hydroxyl groups excluding tert-OH is 2. The highest BCUT2D eigenvalue weighted by molar-refractivity contribution is 5.33. The zero-order chi connectivity index (χ0) is 15.1. The van der Waals surface area contributed by atoms with Crippen LogP contribution in [0.1, 0.15) is 24.0 Å². The van der Waals surface area contributed by atoms with Gasteiger partial charge in [-0.05, 0) is 18.1 Å². The summed E-state index contributed by atoms with van der Waals surface area (Å²) in [5.41, 5.74) is 2.10. The molecule has 112 valence electrons. The van der Waals surface area contributed by atoms with Gasteiger partial charge < -0.3 is 14.9 Å². The molecular weight excluding hydrogens is 264 g/mol. The number of hydrogen-bond donors (Lipinski definition) is 2. The Bertz CT molecular complexity index is 473. The molecule has 0 bridgehead atoms. The number of hydrogen-bond acceptors (Lipinski definition) is 3. The Morgan fingerprint density at radius 3 is 1.81 bits per heavy atom. The minimum absolute atomic E-state index is 0.0476. The van der Waals surface area contributed by atoms with Crippen molar-refractivity contribution in [3.05, 3.63) is 71.8 Å². The van der Waals surface area contributed by atoms with Gasteiger partial charge in [-0.2, -0.15) is 0 Å². The van der Waals surface area contributed by atoms with E-state index in [1.54, 1.807) is 6.92 Å². The van der Waals surface area contributed by atoms with Crippen molar-refractivity contribution in [1.29, 1.82) is 0 Å². The Kier molecular flexibility index (Phi) is 5.93. The lowest BCUT2D eigenvalue weighted by Crippen LogP contribution is -2.28. The van der Waals surface area contributed by atoms with E-state index in [1.165, 1.54) is 0 Å². The predicted molar refractivity (Wildman–Crippen MR) is 83.2 cm³/mol. The molecule has 0 aliphatic rings. The summed E-state index contributed by atoms with van der Waals surface area (Å²) < 4.78 is 5.48. The number of benzene rings is 2. The SMILES string of the molecule is CC(CO)OCC(O)C(c1ccccc1)c1ccccc1. The minimum Gasteiger partial charge on any atom is -0.394 e. The fraction of sp³-hybridized carbons (Fsp3) is 0.333. The van der Waals surface area contributed by atoms with Crippen LogP contribution in [0.4, 0.5) is 0 Å². The van der Waals surface area contributed by atoms with Crippen molar-refractivity contribution in [1.82, 2.24) is 0 Å². The van der Waals surface area contributed by atoms with E-state index in [-0.39, 0.29) is 25.2 Å². The molecule has 3 heteroatoms. The maximum Gasteiger partial charge on any atom is 0.0882 e. The molecule has 0 saturated heterocycles. The van der Waals surface area contributed by atoms with E-state index in [9.17, 15) is 5.11 Å². The van der Waals surface area contributed by atoms with Crippen molar-refractivity contribution in [3.8, 4) is 0 Å². The van der Waals surface area contributed by atoms with Crippen molar-refractivity contribution < 1.29 is 14.9 Å². The van der Waals surface area contributed by atoms with Crippen molar-refractivity contribution in [3.63, 3.8) is 0 Å². The summed E-state index contributed by atoms with van der Waals surface area (Å²) in [7, 11) is 0. The van der Waals surface area contributed by atoms with Gasteiger partial charge in [-0.1, -0.05) is 60.7 Å². The summed E-state index contributed by atoms with van der Waals surface area (Å²) in [6.07, 6.45) is -0.935. The molecule has 0 aliphatic carbocycles. The first kappa shape index (κ1) is 15.7. The summed E-state index contributed by atoms with van der Waals surface area (Å²) in [5.74, 6) is -0.140. The van der Waals surface area contributed by atoms with E-state index >= 15 is 0 Å². The van der Waals surface area contributed by atoms with Gasteiger partial charge in [0.25, 0.3) is 0 Å². The largest absolute Gasteiger partial charge is 0.394 e. The summed E-state index contributed by atoms with van der Waals surface area (Å²) in [5, 5.41) is 19.6. The highest BCUT2D eigenvalue weighted by atomic mass is 16.5. The van der Waals surface area contributed by atoms with E-state index in [0.717, 1.165) is 11.1 Å². The molecular formula is C18H22O3. The second-order valence-corrected chi connectivity index (χ2v) is 5.19. The molecule has 2 rings (SSSR count). The number of rotatable bonds is 7. The van der Waals surface area contributed by atoms with E-state index in [4.69, 9.17) is 9.84 Å². The second kappa shape index (κ2) is 7.93. The minimum atomic E-state index is -0.663. The first-order valence-electron chi connectivity index (χ1n) is 7.22. The van der Waals surface area contributed by atoms with Crippen LogP contribution in [-0.4, -0.2) is 35.6 Å². The van der Waals surface area contributed by atoms with Crippen LogP contribution in [0.15, 0.2) is 60.7 Å². The highest BCUT2D eigenvalue weighted by Crippen LogP contribution is 2.28. The third-order valence-corrected chi connectivity index (χ3v) is 3.51. The van der Waals surface area contributed by atoms with Gasteiger partial charge in [-0.3, -0.25) is 0 Å². The maximum absolute atomic E-state index is 10.6. The molecule has 0 aliphatic heterocycles. The topological polar surface area (TPSA) is 49.7 Å². The molecule has 2 aromatic rings. The van der Waals surface area contributed by atoms with Crippen LogP contribution < -0.4 is 0 Å². The molecule has 0 fully saturated rings. The first-order valence-corrected chi connectivity index (χ1v) is 7.22. The maximum atomic E-state index is 10.6. The average Bonchev–Trinajstić information content (AvgIpc) is 2.55. The van der Waals surface area contributed by atoms with Crippen LogP contribution in [0.5, 0.6) is 0 Å². The first-order chi connectivity index (χ1) is 10.2. The lowest BCUT2D eigenvalue weighted by atomic mass is 9.87.